The number of carbonyl (C=O) groups excluding carboxylic acids is 1. The Morgan fingerprint density at radius 3 is 3.13 bits per heavy atom. The van der Waals surface area contributed by atoms with Gasteiger partial charge in [0, 0.05) is 6.42 Å². The summed E-state index contributed by atoms with van der Waals surface area (Å²) in [6.45, 7) is 0.414. The van der Waals surface area contributed by atoms with Crippen molar-refractivity contribution in [1.29, 1.82) is 0 Å². The van der Waals surface area contributed by atoms with E-state index in [2.05, 4.69) is 26.2 Å². The predicted molar refractivity (Wildman–Crippen MR) is 58.7 cm³/mol. The van der Waals surface area contributed by atoms with Gasteiger partial charge in [0.1, 0.15) is 4.60 Å². The van der Waals surface area contributed by atoms with Crippen molar-refractivity contribution in [1.82, 2.24) is 4.98 Å². The summed E-state index contributed by atoms with van der Waals surface area (Å²) in [5.41, 5.74) is 5.38. The van der Waals surface area contributed by atoms with Crippen molar-refractivity contribution in [3.05, 3.63) is 16.7 Å². The Morgan fingerprint density at radius 2 is 2.40 bits per heavy atom. The Labute approximate surface area is 95.1 Å². The third-order valence-electron chi connectivity index (χ3n) is 2.06. The number of fused-ring (bicyclic) bond motifs is 1. The van der Waals surface area contributed by atoms with E-state index in [-0.39, 0.29) is 5.91 Å². The first-order valence-electron chi connectivity index (χ1n) is 4.55. The molecular formula is C9H10BrN3O2. The minimum absolute atomic E-state index is 0.196. The summed E-state index contributed by atoms with van der Waals surface area (Å²) in [6.07, 6.45) is -0.00749. The van der Waals surface area contributed by atoms with Crippen LogP contribution in [0.5, 0.6) is 5.75 Å². The van der Waals surface area contributed by atoms with Crippen molar-refractivity contribution in [2.75, 3.05) is 11.9 Å². The van der Waals surface area contributed by atoms with Crippen LogP contribution in [0.2, 0.25) is 0 Å². The maximum atomic E-state index is 11.5. The monoisotopic (exact) mass is 271 g/mol. The average molecular weight is 272 g/mol. The average Bonchev–Trinajstić information content (AvgIpc) is 2.20. The van der Waals surface area contributed by atoms with Gasteiger partial charge in [-0.15, -0.1) is 0 Å². The third kappa shape index (κ3) is 2.10. The summed E-state index contributed by atoms with van der Waals surface area (Å²) in [7, 11) is 0. The number of ether oxygens (including phenoxy) is 1. The lowest BCUT2D eigenvalue weighted by molar-refractivity contribution is -0.123. The molecular weight excluding hydrogens is 262 g/mol. The fourth-order valence-corrected chi connectivity index (χ4v) is 1.66. The van der Waals surface area contributed by atoms with Gasteiger partial charge >= 0.3 is 0 Å². The molecule has 0 aromatic carbocycles. The van der Waals surface area contributed by atoms with Gasteiger partial charge in [-0.25, -0.2) is 4.98 Å². The number of anilines is 1. The molecule has 15 heavy (non-hydrogen) atoms. The lowest BCUT2D eigenvalue weighted by atomic mass is 10.2. The van der Waals surface area contributed by atoms with Crippen LogP contribution in [-0.4, -0.2) is 23.5 Å². The Hall–Kier alpha value is -1.14. The molecule has 0 spiro atoms. The Morgan fingerprint density at radius 1 is 1.60 bits per heavy atom. The number of nitrogens with zero attached hydrogens (tertiary/aromatic N) is 1. The molecule has 1 atom stereocenters. The van der Waals surface area contributed by atoms with Crippen molar-refractivity contribution in [3.63, 3.8) is 0 Å². The van der Waals surface area contributed by atoms with E-state index < -0.39 is 6.10 Å². The highest BCUT2D eigenvalue weighted by Crippen LogP contribution is 2.29. The number of nitrogens with two attached hydrogens (primary N) is 1. The minimum Gasteiger partial charge on any atom is -0.477 e. The van der Waals surface area contributed by atoms with Crippen LogP contribution in [0, 0.1) is 0 Å². The fraction of sp³-hybridized carbons (Fsp3) is 0.333. The number of rotatable bonds is 2. The maximum Gasteiger partial charge on any atom is 0.266 e. The largest absolute Gasteiger partial charge is 0.477 e. The summed E-state index contributed by atoms with van der Waals surface area (Å²) in [5, 5.41) is 2.68. The number of hydrogen-bond acceptors (Lipinski definition) is 4. The molecule has 1 amide bonds. The van der Waals surface area contributed by atoms with Crippen LogP contribution >= 0.6 is 15.9 Å². The molecule has 0 radical (unpaired) electrons. The smallest absolute Gasteiger partial charge is 0.266 e. The molecule has 1 aliphatic heterocycles. The van der Waals surface area contributed by atoms with Gasteiger partial charge in [0.05, 0.1) is 0 Å². The number of amides is 1. The molecule has 0 bridgehead atoms. The van der Waals surface area contributed by atoms with Gasteiger partial charge in [0.15, 0.2) is 17.7 Å². The molecule has 0 saturated heterocycles. The fourth-order valence-electron chi connectivity index (χ4n) is 1.35. The molecule has 1 aromatic heterocycles. The Balaban J connectivity index is 2.26. The summed E-state index contributed by atoms with van der Waals surface area (Å²) >= 11 is 3.22. The number of carbonyl (C=O) groups is 1. The summed E-state index contributed by atoms with van der Waals surface area (Å²) in [4.78, 5) is 15.6. The maximum absolute atomic E-state index is 11.5. The quantitative estimate of drug-likeness (QED) is 0.784. The second kappa shape index (κ2) is 4.16. The van der Waals surface area contributed by atoms with E-state index in [1.54, 1.807) is 12.1 Å². The first-order chi connectivity index (χ1) is 7.20. The van der Waals surface area contributed by atoms with Gasteiger partial charge in [-0.3, -0.25) is 4.79 Å². The van der Waals surface area contributed by atoms with Gasteiger partial charge < -0.3 is 15.8 Å². The molecule has 5 nitrogen and oxygen atoms in total. The molecule has 1 aliphatic rings. The highest BCUT2D eigenvalue weighted by Gasteiger charge is 2.27. The van der Waals surface area contributed by atoms with E-state index in [9.17, 15) is 4.79 Å². The van der Waals surface area contributed by atoms with E-state index in [0.29, 0.717) is 29.1 Å². The first kappa shape index (κ1) is 10.4. The Kier molecular flexibility index (Phi) is 2.88. The van der Waals surface area contributed by atoms with Crippen LogP contribution in [-0.2, 0) is 4.79 Å². The molecule has 6 heteroatoms. The van der Waals surface area contributed by atoms with Gasteiger partial charge in [0.25, 0.3) is 5.91 Å². The number of aromatic nitrogens is 1. The number of nitrogens with one attached hydrogen (secondary N) is 1. The van der Waals surface area contributed by atoms with Crippen LogP contribution in [0.15, 0.2) is 16.7 Å². The van der Waals surface area contributed by atoms with Crippen LogP contribution in [0.4, 0.5) is 5.82 Å². The SMILES string of the molecule is NCCC1Oc2ccc(Br)nc2NC1=O. The topological polar surface area (TPSA) is 77.2 Å². The van der Waals surface area contributed by atoms with Crippen LogP contribution in [0.3, 0.4) is 0 Å². The number of halogens is 1. The summed E-state index contributed by atoms with van der Waals surface area (Å²) < 4.78 is 6.12. The van der Waals surface area contributed by atoms with Crippen molar-refractivity contribution < 1.29 is 9.53 Å². The van der Waals surface area contributed by atoms with Gasteiger partial charge in [-0.05, 0) is 34.6 Å². The van der Waals surface area contributed by atoms with E-state index in [1.165, 1.54) is 0 Å². The molecule has 2 heterocycles. The number of hydrogen-bond donors (Lipinski definition) is 2. The molecule has 0 fully saturated rings. The van der Waals surface area contributed by atoms with Gasteiger partial charge in [-0.2, -0.15) is 0 Å². The standard InChI is InChI=1S/C9H10BrN3O2/c10-7-2-1-5-8(12-7)13-9(14)6(15-5)3-4-11/h1-2,6H,3-4,11H2,(H,12,13,14). The summed E-state index contributed by atoms with van der Waals surface area (Å²) in [5.74, 6) is 0.831. The molecule has 80 valence electrons. The summed E-state index contributed by atoms with van der Waals surface area (Å²) in [6, 6.07) is 3.52. The highest BCUT2D eigenvalue weighted by molar-refractivity contribution is 9.10. The van der Waals surface area contributed by atoms with Crippen molar-refractivity contribution >= 4 is 27.7 Å². The molecule has 1 unspecified atom stereocenters. The lowest BCUT2D eigenvalue weighted by Gasteiger charge is -2.24. The Bertz CT molecular complexity index is 397. The van der Waals surface area contributed by atoms with Crippen LogP contribution < -0.4 is 15.8 Å². The zero-order valence-electron chi connectivity index (χ0n) is 7.87. The molecule has 0 saturated carbocycles. The van der Waals surface area contributed by atoms with Gasteiger partial charge in [-0.1, -0.05) is 0 Å². The van der Waals surface area contributed by atoms with E-state index in [1.807, 2.05) is 0 Å². The zero-order chi connectivity index (χ0) is 10.8. The first-order valence-corrected chi connectivity index (χ1v) is 5.34. The van der Waals surface area contributed by atoms with E-state index in [0.717, 1.165) is 0 Å². The van der Waals surface area contributed by atoms with Crippen LogP contribution in [0.1, 0.15) is 6.42 Å². The highest BCUT2D eigenvalue weighted by atomic mass is 79.9. The normalized spacial score (nSPS) is 19.1. The van der Waals surface area contributed by atoms with Crippen LogP contribution in [0.25, 0.3) is 0 Å². The third-order valence-corrected chi connectivity index (χ3v) is 2.50. The second-order valence-corrected chi connectivity index (χ2v) is 3.97. The molecule has 0 aliphatic carbocycles. The second-order valence-electron chi connectivity index (χ2n) is 3.15. The lowest BCUT2D eigenvalue weighted by Crippen LogP contribution is -2.38. The molecule has 3 N–H and O–H groups in total. The van der Waals surface area contributed by atoms with Crippen molar-refractivity contribution in [3.8, 4) is 5.75 Å². The van der Waals surface area contributed by atoms with E-state index >= 15 is 0 Å². The van der Waals surface area contributed by atoms with E-state index in [4.69, 9.17) is 10.5 Å². The minimum atomic E-state index is -0.509. The zero-order valence-corrected chi connectivity index (χ0v) is 9.45. The number of pyridine rings is 1. The van der Waals surface area contributed by atoms with Gasteiger partial charge in [0.2, 0.25) is 0 Å². The molecule has 1 aromatic rings. The molecule has 2 rings (SSSR count). The van der Waals surface area contributed by atoms with Crippen molar-refractivity contribution in [2.24, 2.45) is 5.73 Å². The predicted octanol–water partition coefficient (Wildman–Crippen LogP) is 0.892. The van der Waals surface area contributed by atoms with Crippen molar-refractivity contribution in [2.45, 2.75) is 12.5 Å².